The molecule has 1 aromatic rings. The van der Waals surface area contributed by atoms with Crippen molar-refractivity contribution in [1.29, 1.82) is 0 Å². The fourth-order valence-corrected chi connectivity index (χ4v) is 5.49. The van der Waals surface area contributed by atoms with Crippen LogP contribution >= 0.6 is 0 Å². The molecular weight excluding hydrogens is 444 g/mol. The number of nitrogens with zero attached hydrogens (tertiary/aromatic N) is 2. The molecular formula is C27H40N4O4. The monoisotopic (exact) mass is 484 g/mol. The lowest BCUT2D eigenvalue weighted by Gasteiger charge is -2.43. The Labute approximate surface area is 208 Å². The van der Waals surface area contributed by atoms with E-state index in [2.05, 4.69) is 31.1 Å². The Balaban J connectivity index is 1.51. The fraction of sp³-hybridized carbons (Fsp3) is 0.667. The Hall–Kier alpha value is -2.61. The molecule has 0 spiro atoms. The van der Waals surface area contributed by atoms with Gasteiger partial charge in [0, 0.05) is 37.7 Å². The summed E-state index contributed by atoms with van der Waals surface area (Å²) in [6.45, 7) is 10.7. The maximum atomic E-state index is 13.5. The van der Waals surface area contributed by atoms with E-state index in [4.69, 9.17) is 15.2 Å². The molecule has 1 fully saturated rings. The average Bonchev–Trinajstić information content (AvgIpc) is 3.55. The van der Waals surface area contributed by atoms with Gasteiger partial charge < -0.3 is 20.5 Å². The summed E-state index contributed by atoms with van der Waals surface area (Å²) in [5, 5.41) is 3.31. The number of para-hydroxylation sites is 1. The van der Waals surface area contributed by atoms with Crippen LogP contribution in [0.2, 0.25) is 0 Å². The molecule has 2 heterocycles. The van der Waals surface area contributed by atoms with Crippen molar-refractivity contribution in [3.8, 4) is 5.75 Å². The second-order valence-corrected chi connectivity index (χ2v) is 11.5. The third-order valence-electron chi connectivity index (χ3n) is 7.92. The first-order chi connectivity index (χ1) is 16.5. The van der Waals surface area contributed by atoms with Crippen LogP contribution in [0.1, 0.15) is 71.9 Å². The number of carbonyl (C=O) groups excluding carboxylic acids is 2. The molecule has 0 saturated heterocycles. The number of amides is 2. The Morgan fingerprint density at radius 1 is 1.31 bits per heavy atom. The first-order valence-electron chi connectivity index (χ1n) is 12.7. The molecule has 0 bridgehead atoms. The van der Waals surface area contributed by atoms with Crippen LogP contribution in [0.15, 0.2) is 29.3 Å². The summed E-state index contributed by atoms with van der Waals surface area (Å²) >= 11 is 0. The molecule has 4 rings (SSSR count). The standard InChI is InChI=1S/C27H40N4O4/c1-16(2)27(5)14-20(17-9-7-8-10-22(17)35-27)29-24(33)19-13-18(19)21(11-12-34-6)31-23(32)15-26(3,4)30-25(31)28/h7-10,16,18-21H,11-15H2,1-6H3,(H2,28,30)(H,29,33)/t18-,19-,20?,21+,27?/m0/s1. The minimum Gasteiger partial charge on any atom is -0.487 e. The predicted molar refractivity (Wildman–Crippen MR) is 135 cm³/mol. The minimum absolute atomic E-state index is 0.0190. The summed E-state index contributed by atoms with van der Waals surface area (Å²) in [6.07, 6.45) is 2.33. The number of nitrogens with one attached hydrogen (secondary N) is 1. The molecule has 5 atom stereocenters. The zero-order valence-electron chi connectivity index (χ0n) is 21.8. The van der Waals surface area contributed by atoms with E-state index in [1.165, 1.54) is 0 Å². The largest absolute Gasteiger partial charge is 0.487 e. The van der Waals surface area contributed by atoms with Gasteiger partial charge in [0.15, 0.2) is 5.96 Å². The van der Waals surface area contributed by atoms with Gasteiger partial charge in [-0.25, -0.2) is 4.99 Å². The first kappa shape index (κ1) is 25.5. The molecule has 2 amide bonds. The molecule has 192 valence electrons. The van der Waals surface area contributed by atoms with Gasteiger partial charge in [0.25, 0.3) is 0 Å². The molecule has 2 aliphatic heterocycles. The molecule has 3 aliphatic rings. The van der Waals surface area contributed by atoms with Crippen molar-refractivity contribution in [1.82, 2.24) is 10.2 Å². The molecule has 8 heteroatoms. The Morgan fingerprint density at radius 2 is 2.03 bits per heavy atom. The second-order valence-electron chi connectivity index (χ2n) is 11.5. The van der Waals surface area contributed by atoms with Crippen molar-refractivity contribution < 1.29 is 19.1 Å². The lowest BCUT2D eigenvalue weighted by molar-refractivity contribution is -0.132. The van der Waals surface area contributed by atoms with Gasteiger partial charge >= 0.3 is 0 Å². The Bertz CT molecular complexity index is 1010. The third-order valence-corrected chi connectivity index (χ3v) is 7.92. The second kappa shape index (κ2) is 9.45. The number of nitrogens with two attached hydrogens (primary N) is 1. The number of carbonyl (C=O) groups is 2. The molecule has 2 unspecified atom stereocenters. The quantitative estimate of drug-likeness (QED) is 0.588. The number of rotatable bonds is 8. The van der Waals surface area contributed by atoms with Crippen LogP contribution in [-0.2, 0) is 14.3 Å². The molecule has 0 aromatic heterocycles. The van der Waals surface area contributed by atoms with E-state index < -0.39 is 5.54 Å². The van der Waals surface area contributed by atoms with Crippen molar-refractivity contribution in [3.05, 3.63) is 29.8 Å². The highest BCUT2D eigenvalue weighted by atomic mass is 16.5. The zero-order chi connectivity index (χ0) is 25.5. The van der Waals surface area contributed by atoms with Gasteiger partial charge in [-0.05, 0) is 51.5 Å². The molecule has 3 N–H and O–H groups in total. The van der Waals surface area contributed by atoms with E-state index in [1.54, 1.807) is 12.0 Å². The number of benzene rings is 1. The normalized spacial score (nSPS) is 30.3. The van der Waals surface area contributed by atoms with Gasteiger partial charge in [-0.1, -0.05) is 32.0 Å². The Kier molecular flexibility index (Phi) is 6.88. The fourth-order valence-electron chi connectivity index (χ4n) is 5.49. The molecule has 8 nitrogen and oxygen atoms in total. The SMILES string of the molecule is COCC[C@H]([C@H]1C[C@@H]1C(=O)NC1CC(C)(C(C)C)Oc2ccccc21)N1C(=O)CC(C)(C)N=C1N. The molecule has 1 aromatic carbocycles. The maximum absolute atomic E-state index is 13.5. The lowest BCUT2D eigenvalue weighted by atomic mass is 9.81. The van der Waals surface area contributed by atoms with E-state index in [0.717, 1.165) is 11.3 Å². The molecule has 1 aliphatic carbocycles. The number of aliphatic imine (C=N–C) groups is 1. The van der Waals surface area contributed by atoms with Crippen molar-refractivity contribution in [3.63, 3.8) is 0 Å². The lowest BCUT2D eigenvalue weighted by Crippen LogP contribution is -2.55. The maximum Gasteiger partial charge on any atom is 0.231 e. The van der Waals surface area contributed by atoms with Crippen molar-refractivity contribution in [2.45, 2.75) is 83.5 Å². The van der Waals surface area contributed by atoms with Crippen molar-refractivity contribution in [2.24, 2.45) is 28.5 Å². The topological polar surface area (TPSA) is 106 Å². The van der Waals surface area contributed by atoms with Crippen LogP contribution < -0.4 is 15.8 Å². The highest BCUT2D eigenvalue weighted by Crippen LogP contribution is 2.47. The molecule has 0 radical (unpaired) electrons. The first-order valence-corrected chi connectivity index (χ1v) is 12.7. The third kappa shape index (κ3) is 5.17. The van der Waals surface area contributed by atoms with Crippen LogP contribution in [0.5, 0.6) is 5.75 Å². The summed E-state index contributed by atoms with van der Waals surface area (Å²) in [5.41, 5.74) is 6.40. The highest BCUT2D eigenvalue weighted by molar-refractivity contribution is 5.99. The minimum atomic E-state index is -0.511. The van der Waals surface area contributed by atoms with Gasteiger partial charge in [-0.2, -0.15) is 0 Å². The van der Waals surface area contributed by atoms with Gasteiger partial charge in [-0.3, -0.25) is 14.5 Å². The summed E-state index contributed by atoms with van der Waals surface area (Å²) in [5.74, 6) is 1.19. The predicted octanol–water partition coefficient (Wildman–Crippen LogP) is 3.41. The number of guanidine groups is 1. The number of methoxy groups -OCH3 is 1. The highest BCUT2D eigenvalue weighted by Gasteiger charge is 2.52. The van der Waals surface area contributed by atoms with Crippen LogP contribution in [0.25, 0.3) is 0 Å². The van der Waals surface area contributed by atoms with Crippen molar-refractivity contribution >= 4 is 17.8 Å². The van der Waals surface area contributed by atoms with Crippen LogP contribution in [-0.4, -0.2) is 53.6 Å². The van der Waals surface area contributed by atoms with E-state index >= 15 is 0 Å². The number of fused-ring (bicyclic) bond motifs is 1. The average molecular weight is 485 g/mol. The molecule has 35 heavy (non-hydrogen) atoms. The smallest absolute Gasteiger partial charge is 0.231 e. The van der Waals surface area contributed by atoms with Crippen molar-refractivity contribution in [2.75, 3.05) is 13.7 Å². The van der Waals surface area contributed by atoms with Crippen LogP contribution in [0, 0.1) is 17.8 Å². The van der Waals surface area contributed by atoms with Crippen LogP contribution in [0.3, 0.4) is 0 Å². The number of hydrogen-bond acceptors (Lipinski definition) is 6. The summed E-state index contributed by atoms with van der Waals surface area (Å²) in [7, 11) is 1.64. The molecule has 1 saturated carbocycles. The summed E-state index contributed by atoms with van der Waals surface area (Å²) in [6, 6.07) is 7.61. The van der Waals surface area contributed by atoms with Crippen LogP contribution in [0.4, 0.5) is 0 Å². The van der Waals surface area contributed by atoms with E-state index in [9.17, 15) is 9.59 Å². The van der Waals surface area contributed by atoms with Gasteiger partial charge in [-0.15, -0.1) is 0 Å². The Morgan fingerprint density at radius 3 is 2.69 bits per heavy atom. The number of ether oxygens (including phenoxy) is 2. The van der Waals surface area contributed by atoms with E-state index in [1.807, 2.05) is 38.1 Å². The summed E-state index contributed by atoms with van der Waals surface area (Å²) in [4.78, 5) is 32.7. The van der Waals surface area contributed by atoms with E-state index in [-0.39, 0.29) is 47.3 Å². The van der Waals surface area contributed by atoms with Gasteiger partial charge in [0.2, 0.25) is 11.8 Å². The number of hydrogen-bond donors (Lipinski definition) is 2. The van der Waals surface area contributed by atoms with E-state index in [0.29, 0.717) is 38.2 Å². The zero-order valence-corrected chi connectivity index (χ0v) is 21.8. The van der Waals surface area contributed by atoms with Gasteiger partial charge in [0.1, 0.15) is 11.4 Å². The van der Waals surface area contributed by atoms with Gasteiger partial charge in [0.05, 0.1) is 18.0 Å². The summed E-state index contributed by atoms with van der Waals surface area (Å²) < 4.78 is 11.7.